The monoisotopic (exact) mass is 532 g/mol. The van der Waals surface area contributed by atoms with Crippen molar-refractivity contribution in [1.29, 1.82) is 0 Å². The van der Waals surface area contributed by atoms with E-state index in [1.165, 1.54) is 0 Å². The maximum absolute atomic E-state index is 12.5. The number of aromatic amines is 1. The molecule has 4 N–H and O–H groups in total. The normalized spacial score (nSPS) is 11.4. The molecule has 4 rings (SSSR count). The maximum atomic E-state index is 12.5. The van der Waals surface area contributed by atoms with Crippen LogP contribution in [-0.4, -0.2) is 55.4 Å². The molecule has 3 heterocycles. The second-order valence-corrected chi connectivity index (χ2v) is 10.2. The summed E-state index contributed by atoms with van der Waals surface area (Å²) in [5.74, 6) is 0.289. The Balaban J connectivity index is 1.30. The molecule has 0 spiro atoms. The first-order chi connectivity index (χ1) is 18.7. The zero-order valence-electron chi connectivity index (χ0n) is 22.9. The van der Waals surface area contributed by atoms with Gasteiger partial charge >= 0.3 is 6.09 Å². The van der Waals surface area contributed by atoms with Gasteiger partial charge in [-0.3, -0.25) is 9.48 Å². The van der Waals surface area contributed by atoms with Crippen LogP contribution in [-0.2, 0) is 11.3 Å². The molecule has 0 saturated carbocycles. The van der Waals surface area contributed by atoms with E-state index >= 15 is 0 Å². The van der Waals surface area contributed by atoms with Crippen LogP contribution in [0.4, 0.5) is 16.4 Å². The number of ether oxygens (including phenoxy) is 1. The third-order valence-corrected chi connectivity index (χ3v) is 5.74. The summed E-state index contributed by atoms with van der Waals surface area (Å²) >= 11 is 0. The van der Waals surface area contributed by atoms with Gasteiger partial charge in [-0.1, -0.05) is 6.92 Å². The summed E-state index contributed by atoms with van der Waals surface area (Å²) in [6.07, 6.45) is 7.69. The summed E-state index contributed by atoms with van der Waals surface area (Å²) in [4.78, 5) is 36.7. The number of hydrogen-bond donors (Lipinski definition) is 4. The molecule has 39 heavy (non-hydrogen) atoms. The highest BCUT2D eigenvalue weighted by atomic mass is 16.6. The Morgan fingerprint density at radius 2 is 1.77 bits per heavy atom. The fraction of sp³-hybridized carbons (Fsp3) is 0.393. The van der Waals surface area contributed by atoms with E-state index in [1.807, 2.05) is 62.2 Å². The number of carbonyl (C=O) groups excluding carboxylic acids is 2. The minimum Gasteiger partial charge on any atom is -0.444 e. The van der Waals surface area contributed by atoms with Crippen molar-refractivity contribution in [1.82, 2.24) is 35.4 Å². The van der Waals surface area contributed by atoms with Gasteiger partial charge in [-0.15, -0.1) is 0 Å². The van der Waals surface area contributed by atoms with Crippen LogP contribution in [0.1, 0.15) is 57.3 Å². The van der Waals surface area contributed by atoms with Crippen molar-refractivity contribution < 1.29 is 14.3 Å². The minimum atomic E-state index is -0.520. The van der Waals surface area contributed by atoms with Gasteiger partial charge in [0.2, 0.25) is 5.95 Å². The van der Waals surface area contributed by atoms with Crippen LogP contribution in [0.2, 0.25) is 0 Å². The van der Waals surface area contributed by atoms with Crippen LogP contribution in [0, 0.1) is 0 Å². The number of unbranched alkanes of at least 4 members (excludes halogenated alkanes) is 1. The smallest absolute Gasteiger partial charge is 0.407 e. The number of H-pyrrole nitrogens is 1. The lowest BCUT2D eigenvalue weighted by atomic mass is 10.2. The van der Waals surface area contributed by atoms with E-state index in [1.54, 1.807) is 12.1 Å². The van der Waals surface area contributed by atoms with Crippen LogP contribution in [0.5, 0.6) is 0 Å². The molecule has 0 atom stereocenters. The average Bonchev–Trinajstić information content (AvgIpc) is 3.55. The summed E-state index contributed by atoms with van der Waals surface area (Å²) in [5.41, 5.74) is 3.24. The molecule has 1 aromatic carbocycles. The summed E-state index contributed by atoms with van der Waals surface area (Å²) in [6.45, 7) is 9.42. The Morgan fingerprint density at radius 1 is 1.03 bits per heavy atom. The number of aryl methyl sites for hydroxylation is 1. The number of carbonyl (C=O) groups is 2. The molecule has 0 unspecified atom stereocenters. The summed E-state index contributed by atoms with van der Waals surface area (Å²) in [5, 5.41) is 14.2. The van der Waals surface area contributed by atoms with E-state index < -0.39 is 11.7 Å². The van der Waals surface area contributed by atoms with Gasteiger partial charge in [-0.05, 0) is 70.4 Å². The van der Waals surface area contributed by atoms with Gasteiger partial charge < -0.3 is 25.7 Å². The van der Waals surface area contributed by atoms with Gasteiger partial charge in [0.15, 0.2) is 0 Å². The van der Waals surface area contributed by atoms with E-state index in [9.17, 15) is 9.59 Å². The van der Waals surface area contributed by atoms with Gasteiger partial charge in [0.25, 0.3) is 5.91 Å². The van der Waals surface area contributed by atoms with Crippen LogP contribution in [0.3, 0.4) is 0 Å². The third kappa shape index (κ3) is 7.79. The first-order valence-corrected chi connectivity index (χ1v) is 13.2. The lowest BCUT2D eigenvalue weighted by molar-refractivity contribution is 0.0526. The quantitative estimate of drug-likeness (QED) is 0.199. The number of alkyl carbamates (subject to hydrolysis) is 1. The first kappa shape index (κ1) is 27.6. The van der Waals surface area contributed by atoms with Crippen LogP contribution in [0.25, 0.3) is 22.3 Å². The van der Waals surface area contributed by atoms with Crippen molar-refractivity contribution in [2.45, 2.75) is 59.1 Å². The Morgan fingerprint density at radius 3 is 2.49 bits per heavy atom. The van der Waals surface area contributed by atoms with Crippen LogP contribution >= 0.6 is 0 Å². The SMILES string of the molecule is CCCn1cc(-c2nc(Nc3ccc(C(=O)NCCCCNC(=O)OC(C)(C)C)cc3)nc3[nH]ccc23)cn1. The topological polar surface area (TPSA) is 139 Å². The van der Waals surface area contributed by atoms with Crippen molar-refractivity contribution in [2.75, 3.05) is 18.4 Å². The Bertz CT molecular complexity index is 1400. The molecule has 0 aliphatic carbocycles. The highest BCUT2D eigenvalue weighted by molar-refractivity contribution is 5.94. The van der Waals surface area contributed by atoms with Crippen molar-refractivity contribution in [2.24, 2.45) is 0 Å². The van der Waals surface area contributed by atoms with E-state index in [-0.39, 0.29) is 5.91 Å². The molecule has 11 heteroatoms. The largest absolute Gasteiger partial charge is 0.444 e. The molecular weight excluding hydrogens is 496 g/mol. The van der Waals surface area contributed by atoms with Gasteiger partial charge in [0, 0.05) is 54.2 Å². The van der Waals surface area contributed by atoms with E-state index in [0.29, 0.717) is 24.6 Å². The predicted molar refractivity (Wildman–Crippen MR) is 151 cm³/mol. The number of nitrogens with one attached hydrogen (secondary N) is 4. The molecule has 0 radical (unpaired) electrons. The fourth-order valence-corrected chi connectivity index (χ4v) is 3.95. The second kappa shape index (κ2) is 12.4. The molecule has 0 aliphatic heterocycles. The number of rotatable bonds is 11. The average molecular weight is 533 g/mol. The van der Waals surface area contributed by atoms with Crippen LogP contribution < -0.4 is 16.0 Å². The third-order valence-electron chi connectivity index (χ3n) is 5.74. The lowest BCUT2D eigenvalue weighted by Gasteiger charge is -2.19. The number of hydrogen-bond acceptors (Lipinski definition) is 7. The predicted octanol–water partition coefficient (Wildman–Crippen LogP) is 5.01. The number of nitrogens with zero attached hydrogens (tertiary/aromatic N) is 4. The maximum Gasteiger partial charge on any atom is 0.407 e. The first-order valence-electron chi connectivity index (χ1n) is 13.2. The number of benzene rings is 1. The molecule has 3 aromatic heterocycles. The molecule has 0 bridgehead atoms. The number of aromatic nitrogens is 5. The number of amides is 2. The second-order valence-electron chi connectivity index (χ2n) is 10.2. The van der Waals surface area contributed by atoms with Gasteiger partial charge in [0.1, 0.15) is 11.2 Å². The van der Waals surface area contributed by atoms with Crippen molar-refractivity contribution in [3.8, 4) is 11.3 Å². The summed E-state index contributed by atoms with van der Waals surface area (Å²) in [7, 11) is 0. The van der Waals surface area contributed by atoms with E-state index in [4.69, 9.17) is 9.72 Å². The Kier molecular flexibility index (Phi) is 8.80. The van der Waals surface area contributed by atoms with Gasteiger partial charge in [-0.25, -0.2) is 9.78 Å². The highest BCUT2D eigenvalue weighted by Crippen LogP contribution is 2.27. The molecule has 4 aromatic rings. The summed E-state index contributed by atoms with van der Waals surface area (Å²) < 4.78 is 7.11. The number of anilines is 2. The summed E-state index contributed by atoms with van der Waals surface area (Å²) in [6, 6.07) is 9.10. The van der Waals surface area contributed by atoms with Crippen LogP contribution in [0.15, 0.2) is 48.9 Å². The zero-order valence-corrected chi connectivity index (χ0v) is 22.9. The minimum absolute atomic E-state index is 0.155. The number of fused-ring (bicyclic) bond motifs is 1. The molecule has 0 fully saturated rings. The Labute approximate surface area is 227 Å². The molecule has 2 amide bonds. The molecule has 206 valence electrons. The Hall–Kier alpha value is -4.41. The highest BCUT2D eigenvalue weighted by Gasteiger charge is 2.16. The molecular formula is C28H36N8O3. The van der Waals surface area contributed by atoms with E-state index in [0.717, 1.165) is 53.8 Å². The molecule has 0 aliphatic rings. The van der Waals surface area contributed by atoms with Gasteiger partial charge in [-0.2, -0.15) is 10.1 Å². The van der Waals surface area contributed by atoms with Crippen molar-refractivity contribution >= 4 is 34.7 Å². The lowest BCUT2D eigenvalue weighted by Crippen LogP contribution is -2.33. The van der Waals surface area contributed by atoms with Crippen molar-refractivity contribution in [3.05, 3.63) is 54.5 Å². The molecule has 11 nitrogen and oxygen atoms in total. The standard InChI is InChI=1S/C28H36N8O3/c1-5-16-36-18-20(17-32-36)23-22-12-15-29-24(22)35-26(34-23)33-21-10-8-19(9-11-21)25(37)30-13-6-7-14-31-27(38)39-28(2,3)4/h8-12,15,17-18H,5-7,13-14,16H2,1-4H3,(H,30,37)(H,31,38)(H2,29,33,34,35). The zero-order chi connectivity index (χ0) is 27.8. The molecule has 0 saturated heterocycles. The van der Waals surface area contributed by atoms with Gasteiger partial charge in [0.05, 0.1) is 11.9 Å². The fourth-order valence-electron chi connectivity index (χ4n) is 3.95. The van der Waals surface area contributed by atoms with Crippen molar-refractivity contribution in [3.63, 3.8) is 0 Å². The van der Waals surface area contributed by atoms with E-state index in [2.05, 4.69) is 37.9 Å².